The van der Waals surface area contributed by atoms with Gasteiger partial charge in [-0.3, -0.25) is 0 Å². The molecule has 4 nitrogen and oxygen atoms in total. The van der Waals surface area contributed by atoms with E-state index in [0.29, 0.717) is 13.0 Å². The van der Waals surface area contributed by atoms with Gasteiger partial charge in [0.1, 0.15) is 0 Å². The molecule has 0 bridgehead atoms. The van der Waals surface area contributed by atoms with Gasteiger partial charge < -0.3 is 10.2 Å². The molecule has 1 rings (SSSR count). The lowest BCUT2D eigenvalue weighted by Gasteiger charge is -2.16. The van der Waals surface area contributed by atoms with Crippen molar-refractivity contribution in [2.45, 2.75) is 20.3 Å². The van der Waals surface area contributed by atoms with E-state index in [1.807, 2.05) is 32.0 Å². The first kappa shape index (κ1) is 13.0. The van der Waals surface area contributed by atoms with Crippen molar-refractivity contribution in [1.82, 2.24) is 4.90 Å². The summed E-state index contributed by atoms with van der Waals surface area (Å²) in [7, 11) is 1.68. The molecular weight excluding hydrogens is 214 g/mol. The molecule has 0 spiro atoms. The Bertz CT molecular complexity index is 428. The van der Waals surface area contributed by atoms with Gasteiger partial charge in [0.2, 0.25) is 0 Å². The van der Waals surface area contributed by atoms with Crippen molar-refractivity contribution in [3.05, 3.63) is 29.3 Å². The van der Waals surface area contributed by atoms with Gasteiger partial charge in [-0.1, -0.05) is 6.07 Å². The number of carbonyl (C=O) groups is 1. The summed E-state index contributed by atoms with van der Waals surface area (Å²) in [5.41, 5.74) is 3.01. The van der Waals surface area contributed by atoms with E-state index in [0.717, 1.165) is 16.8 Å². The summed E-state index contributed by atoms with van der Waals surface area (Å²) < 4.78 is 0. The third-order valence-electron chi connectivity index (χ3n) is 2.38. The quantitative estimate of drug-likeness (QED) is 0.869. The Balaban J connectivity index is 2.64. The van der Waals surface area contributed by atoms with Crippen molar-refractivity contribution in [2.75, 3.05) is 18.9 Å². The fraction of sp³-hybridized carbons (Fsp3) is 0.385. The number of anilines is 1. The van der Waals surface area contributed by atoms with Crippen LogP contribution < -0.4 is 5.32 Å². The maximum atomic E-state index is 11.7. The number of nitrogens with zero attached hydrogens (tertiary/aromatic N) is 2. The van der Waals surface area contributed by atoms with Crippen molar-refractivity contribution >= 4 is 11.7 Å². The van der Waals surface area contributed by atoms with Crippen LogP contribution >= 0.6 is 0 Å². The minimum Gasteiger partial charge on any atom is -0.327 e. The summed E-state index contributed by atoms with van der Waals surface area (Å²) in [4.78, 5) is 13.2. The number of amides is 2. The summed E-state index contributed by atoms with van der Waals surface area (Å²) in [6.45, 7) is 4.41. The lowest BCUT2D eigenvalue weighted by atomic mass is 10.1. The summed E-state index contributed by atoms with van der Waals surface area (Å²) in [6.07, 6.45) is 0.344. The molecular formula is C13H17N3O. The van der Waals surface area contributed by atoms with Gasteiger partial charge in [-0.15, -0.1) is 0 Å². The highest BCUT2D eigenvalue weighted by Gasteiger charge is 2.08. The highest BCUT2D eigenvalue weighted by atomic mass is 16.2. The highest BCUT2D eigenvalue weighted by Crippen LogP contribution is 2.14. The van der Waals surface area contributed by atoms with Gasteiger partial charge in [0, 0.05) is 19.3 Å². The van der Waals surface area contributed by atoms with Crippen molar-refractivity contribution in [3.63, 3.8) is 0 Å². The van der Waals surface area contributed by atoms with Crippen molar-refractivity contribution in [2.24, 2.45) is 0 Å². The van der Waals surface area contributed by atoms with E-state index in [1.54, 1.807) is 7.05 Å². The number of hydrogen-bond donors (Lipinski definition) is 1. The van der Waals surface area contributed by atoms with Gasteiger partial charge in [0.05, 0.1) is 12.5 Å². The minimum absolute atomic E-state index is 0.190. The van der Waals surface area contributed by atoms with E-state index in [-0.39, 0.29) is 6.03 Å². The normalized spacial score (nSPS) is 9.53. The Kier molecular flexibility index (Phi) is 4.53. The fourth-order valence-electron chi connectivity index (χ4n) is 1.59. The molecule has 0 atom stereocenters. The lowest BCUT2D eigenvalue weighted by Crippen LogP contribution is -2.32. The van der Waals surface area contributed by atoms with Crippen molar-refractivity contribution in [1.29, 1.82) is 5.26 Å². The molecule has 1 N–H and O–H groups in total. The van der Waals surface area contributed by atoms with E-state index in [9.17, 15) is 4.79 Å². The van der Waals surface area contributed by atoms with Gasteiger partial charge in [-0.05, 0) is 37.1 Å². The largest absolute Gasteiger partial charge is 0.327 e. The highest BCUT2D eigenvalue weighted by molar-refractivity contribution is 5.89. The molecule has 0 saturated carbocycles. The number of nitriles is 1. The second-order valence-corrected chi connectivity index (χ2v) is 4.14. The van der Waals surface area contributed by atoms with E-state index in [2.05, 4.69) is 11.4 Å². The SMILES string of the molecule is Cc1cc(C)cc(NC(=O)N(C)CCC#N)c1. The molecule has 0 aliphatic heterocycles. The number of carbonyl (C=O) groups excluding carboxylic acids is 1. The molecule has 2 amide bonds. The third kappa shape index (κ3) is 4.15. The first-order valence-corrected chi connectivity index (χ1v) is 5.50. The molecule has 0 aliphatic carbocycles. The first-order valence-electron chi connectivity index (χ1n) is 5.50. The number of rotatable bonds is 3. The van der Waals surface area contributed by atoms with Gasteiger partial charge in [0.15, 0.2) is 0 Å². The van der Waals surface area contributed by atoms with Crippen molar-refractivity contribution in [3.8, 4) is 6.07 Å². The van der Waals surface area contributed by atoms with Crippen LogP contribution in [0, 0.1) is 25.2 Å². The maximum Gasteiger partial charge on any atom is 0.321 e. The number of aryl methyl sites for hydroxylation is 2. The average Bonchev–Trinajstić information content (AvgIpc) is 2.24. The molecule has 17 heavy (non-hydrogen) atoms. The van der Waals surface area contributed by atoms with Crippen LogP contribution in [0.4, 0.5) is 10.5 Å². The molecule has 0 saturated heterocycles. The van der Waals surface area contributed by atoms with Gasteiger partial charge >= 0.3 is 6.03 Å². The average molecular weight is 231 g/mol. The summed E-state index contributed by atoms with van der Waals surface area (Å²) in [5, 5.41) is 11.3. The second-order valence-electron chi connectivity index (χ2n) is 4.14. The lowest BCUT2D eigenvalue weighted by molar-refractivity contribution is 0.223. The van der Waals surface area contributed by atoms with E-state index < -0.39 is 0 Å². The number of benzene rings is 1. The monoisotopic (exact) mass is 231 g/mol. The zero-order valence-electron chi connectivity index (χ0n) is 10.4. The number of nitrogens with one attached hydrogen (secondary N) is 1. The summed E-state index contributed by atoms with van der Waals surface area (Å²) >= 11 is 0. The molecule has 0 aromatic heterocycles. The topological polar surface area (TPSA) is 56.1 Å². The molecule has 4 heteroatoms. The Morgan fingerprint density at radius 2 is 1.94 bits per heavy atom. The van der Waals surface area contributed by atoms with Crippen LogP contribution in [0.25, 0.3) is 0 Å². The molecule has 0 heterocycles. The zero-order valence-corrected chi connectivity index (χ0v) is 10.4. The van der Waals surface area contributed by atoms with E-state index >= 15 is 0 Å². The van der Waals surface area contributed by atoms with Crippen LogP contribution in [0.1, 0.15) is 17.5 Å². The standard InChI is InChI=1S/C13H17N3O/c1-10-7-11(2)9-12(8-10)15-13(17)16(3)6-4-5-14/h7-9H,4,6H2,1-3H3,(H,15,17). The van der Waals surface area contributed by atoms with Gasteiger partial charge in [-0.2, -0.15) is 5.26 Å². The van der Waals surface area contributed by atoms with E-state index in [4.69, 9.17) is 5.26 Å². The van der Waals surface area contributed by atoms with Gasteiger partial charge in [0.25, 0.3) is 0 Å². The van der Waals surface area contributed by atoms with Crippen molar-refractivity contribution < 1.29 is 4.79 Å². The molecule has 0 aliphatic rings. The second kappa shape index (κ2) is 5.90. The fourth-order valence-corrected chi connectivity index (χ4v) is 1.59. The summed E-state index contributed by atoms with van der Waals surface area (Å²) in [6, 6.07) is 7.71. The molecule has 0 radical (unpaired) electrons. The van der Waals surface area contributed by atoms with Crippen LogP contribution in [0.5, 0.6) is 0 Å². The van der Waals surface area contributed by atoms with Crippen LogP contribution in [0.15, 0.2) is 18.2 Å². The molecule has 90 valence electrons. The Hall–Kier alpha value is -2.02. The van der Waals surface area contributed by atoms with Crippen LogP contribution in [0.2, 0.25) is 0 Å². The predicted molar refractivity (Wildman–Crippen MR) is 67.8 cm³/mol. The number of urea groups is 1. The molecule has 0 unspecified atom stereocenters. The Morgan fingerprint density at radius 3 is 2.47 bits per heavy atom. The third-order valence-corrected chi connectivity index (χ3v) is 2.38. The smallest absolute Gasteiger partial charge is 0.321 e. The molecule has 1 aromatic carbocycles. The van der Waals surface area contributed by atoms with Crippen LogP contribution in [0.3, 0.4) is 0 Å². The van der Waals surface area contributed by atoms with Gasteiger partial charge in [-0.25, -0.2) is 4.79 Å². The van der Waals surface area contributed by atoms with Crippen LogP contribution in [-0.4, -0.2) is 24.5 Å². The zero-order chi connectivity index (χ0) is 12.8. The van der Waals surface area contributed by atoms with E-state index in [1.165, 1.54) is 4.90 Å². The predicted octanol–water partition coefficient (Wildman–Crippen LogP) is 2.68. The number of hydrogen-bond acceptors (Lipinski definition) is 2. The minimum atomic E-state index is -0.190. The summed E-state index contributed by atoms with van der Waals surface area (Å²) in [5.74, 6) is 0. The maximum absolute atomic E-state index is 11.7. The molecule has 0 fully saturated rings. The first-order chi connectivity index (χ1) is 8.02. The van der Waals surface area contributed by atoms with Crippen LogP contribution in [-0.2, 0) is 0 Å². The Morgan fingerprint density at radius 1 is 1.35 bits per heavy atom. The Labute approximate surface area is 102 Å². The molecule has 1 aromatic rings.